The largest absolute Gasteiger partial charge is 0.454 e. The summed E-state index contributed by atoms with van der Waals surface area (Å²) in [5.41, 5.74) is -0.00574. The third kappa shape index (κ3) is 5.02. The summed E-state index contributed by atoms with van der Waals surface area (Å²) in [5.74, 6) is -1.12. The molecule has 0 saturated heterocycles. The summed E-state index contributed by atoms with van der Waals surface area (Å²) in [6.45, 7) is 1.56. The van der Waals surface area contributed by atoms with E-state index in [0.717, 1.165) is 11.3 Å². The van der Waals surface area contributed by atoms with Gasteiger partial charge < -0.3 is 4.74 Å². The van der Waals surface area contributed by atoms with Crippen molar-refractivity contribution in [3.05, 3.63) is 50.1 Å². The van der Waals surface area contributed by atoms with Crippen molar-refractivity contribution in [3.8, 4) is 0 Å². The van der Waals surface area contributed by atoms with E-state index in [-0.39, 0.29) is 16.2 Å². The summed E-state index contributed by atoms with van der Waals surface area (Å²) >= 11 is 4.55. The van der Waals surface area contributed by atoms with Crippen molar-refractivity contribution in [3.63, 3.8) is 0 Å². The highest BCUT2D eigenvalue weighted by atomic mass is 79.9. The number of benzene rings is 1. The highest BCUT2D eigenvalue weighted by molar-refractivity contribution is 9.10. The van der Waals surface area contributed by atoms with E-state index >= 15 is 0 Å². The Labute approximate surface area is 170 Å². The van der Waals surface area contributed by atoms with Gasteiger partial charge in [0.25, 0.3) is 10.0 Å². The first-order valence-electron chi connectivity index (χ1n) is 7.82. The van der Waals surface area contributed by atoms with Gasteiger partial charge in [-0.1, -0.05) is 11.4 Å². The fourth-order valence-corrected chi connectivity index (χ4v) is 4.35. The SMILES string of the molecule is CCc1ccc(C(=O)COC(=O)c2cc(S(=O)(=O)N(C)OC)ccc2Br)s1. The second-order valence-electron chi connectivity index (χ2n) is 5.36. The predicted octanol–water partition coefficient (Wildman–Crippen LogP) is 3.29. The highest BCUT2D eigenvalue weighted by Gasteiger charge is 2.24. The molecule has 0 radical (unpaired) electrons. The molecule has 0 fully saturated rings. The summed E-state index contributed by atoms with van der Waals surface area (Å²) in [5, 5.41) is 0. The molecule has 146 valence electrons. The zero-order chi connectivity index (χ0) is 20.2. The van der Waals surface area contributed by atoms with Crippen LogP contribution in [-0.2, 0) is 26.0 Å². The van der Waals surface area contributed by atoms with E-state index in [0.29, 0.717) is 13.8 Å². The summed E-state index contributed by atoms with van der Waals surface area (Å²) in [4.78, 5) is 30.6. The van der Waals surface area contributed by atoms with Crippen LogP contribution in [0.15, 0.2) is 39.7 Å². The molecule has 0 saturated carbocycles. The molecule has 0 bridgehead atoms. The van der Waals surface area contributed by atoms with Crippen LogP contribution in [0.2, 0.25) is 0 Å². The Kier molecular flexibility index (Phi) is 7.29. The molecule has 2 aromatic rings. The van der Waals surface area contributed by atoms with Gasteiger partial charge in [-0.15, -0.1) is 11.3 Å². The molecular formula is C17H18BrNO6S2. The number of nitrogens with zero attached hydrogens (tertiary/aromatic N) is 1. The van der Waals surface area contributed by atoms with E-state index in [1.807, 2.05) is 13.0 Å². The third-order valence-electron chi connectivity index (χ3n) is 3.67. The second-order valence-corrected chi connectivity index (χ2v) is 9.32. The molecule has 27 heavy (non-hydrogen) atoms. The van der Waals surface area contributed by atoms with Crippen molar-refractivity contribution in [2.45, 2.75) is 18.2 Å². The van der Waals surface area contributed by atoms with Gasteiger partial charge in [0.05, 0.1) is 22.4 Å². The molecular weight excluding hydrogens is 458 g/mol. The van der Waals surface area contributed by atoms with Gasteiger partial charge in [0.15, 0.2) is 6.61 Å². The van der Waals surface area contributed by atoms with Crippen LogP contribution in [0.1, 0.15) is 31.8 Å². The van der Waals surface area contributed by atoms with E-state index in [1.54, 1.807) is 6.07 Å². The van der Waals surface area contributed by atoms with Gasteiger partial charge in [-0.3, -0.25) is 9.63 Å². The number of rotatable bonds is 8. The van der Waals surface area contributed by atoms with Gasteiger partial charge in [-0.05, 0) is 52.7 Å². The molecule has 2 rings (SSSR count). The number of Topliss-reactive ketones (excluding diaryl/α,β-unsaturated/α-hetero) is 1. The van der Waals surface area contributed by atoms with Crippen LogP contribution >= 0.6 is 27.3 Å². The average Bonchev–Trinajstić information content (AvgIpc) is 3.14. The molecule has 0 spiro atoms. The Morgan fingerprint density at radius 3 is 2.52 bits per heavy atom. The van der Waals surface area contributed by atoms with E-state index in [9.17, 15) is 18.0 Å². The van der Waals surface area contributed by atoms with Crippen LogP contribution in [0.5, 0.6) is 0 Å². The minimum atomic E-state index is -3.92. The minimum Gasteiger partial charge on any atom is -0.454 e. The Morgan fingerprint density at radius 2 is 1.93 bits per heavy atom. The lowest BCUT2D eigenvalue weighted by Crippen LogP contribution is -2.26. The third-order valence-corrected chi connectivity index (χ3v) is 7.31. The number of thiophene rings is 1. The lowest BCUT2D eigenvalue weighted by Gasteiger charge is -2.15. The summed E-state index contributed by atoms with van der Waals surface area (Å²) < 4.78 is 30.7. The number of hydrogen-bond donors (Lipinski definition) is 0. The number of hydrogen-bond acceptors (Lipinski definition) is 7. The first-order chi connectivity index (χ1) is 12.7. The number of esters is 1. The number of ketones is 1. The fourth-order valence-electron chi connectivity index (χ4n) is 2.07. The number of halogens is 1. The van der Waals surface area contributed by atoms with Crippen LogP contribution in [-0.4, -0.2) is 45.4 Å². The van der Waals surface area contributed by atoms with E-state index < -0.39 is 22.6 Å². The van der Waals surface area contributed by atoms with Crippen molar-refractivity contribution in [1.82, 2.24) is 4.47 Å². The molecule has 7 nitrogen and oxygen atoms in total. The number of carbonyl (C=O) groups is 2. The standard InChI is InChI=1S/C17H18BrNO6S2/c1-4-11-5-8-16(26-11)15(20)10-25-17(21)13-9-12(6-7-14(13)18)27(22,23)19(2)24-3/h5-9H,4,10H2,1-3H3. The Balaban J connectivity index is 2.16. The van der Waals surface area contributed by atoms with Crippen molar-refractivity contribution >= 4 is 49.0 Å². The van der Waals surface area contributed by atoms with Crippen LogP contribution in [0.25, 0.3) is 0 Å². The summed E-state index contributed by atoms with van der Waals surface area (Å²) in [7, 11) is -1.47. The summed E-state index contributed by atoms with van der Waals surface area (Å²) in [6.07, 6.45) is 0.821. The first-order valence-corrected chi connectivity index (χ1v) is 10.9. The molecule has 1 aromatic heterocycles. The normalized spacial score (nSPS) is 11.6. The quantitative estimate of drug-likeness (QED) is 0.330. The Hall–Kier alpha value is -1.59. The monoisotopic (exact) mass is 475 g/mol. The number of carbonyl (C=O) groups excluding carboxylic acids is 2. The van der Waals surface area contributed by atoms with Gasteiger partial charge in [-0.2, -0.15) is 0 Å². The number of aryl methyl sites for hydroxylation is 1. The lowest BCUT2D eigenvalue weighted by atomic mass is 10.2. The number of sulfonamides is 1. The smallest absolute Gasteiger partial charge is 0.339 e. The number of ether oxygens (including phenoxy) is 1. The van der Waals surface area contributed by atoms with Crippen LogP contribution in [0, 0.1) is 0 Å². The van der Waals surface area contributed by atoms with Gasteiger partial charge in [0.2, 0.25) is 5.78 Å². The maximum Gasteiger partial charge on any atom is 0.339 e. The van der Waals surface area contributed by atoms with Crippen LogP contribution < -0.4 is 0 Å². The molecule has 1 heterocycles. The zero-order valence-corrected chi connectivity index (χ0v) is 18.1. The molecule has 0 N–H and O–H groups in total. The van der Waals surface area contributed by atoms with Gasteiger partial charge in [0, 0.05) is 16.4 Å². The zero-order valence-electron chi connectivity index (χ0n) is 14.9. The molecule has 10 heteroatoms. The Morgan fingerprint density at radius 1 is 1.22 bits per heavy atom. The minimum absolute atomic E-state index is 0.00574. The molecule has 0 amide bonds. The topological polar surface area (TPSA) is 90.0 Å². The molecule has 0 aliphatic heterocycles. The second kappa shape index (κ2) is 9.07. The van der Waals surface area contributed by atoms with Gasteiger partial charge >= 0.3 is 5.97 Å². The van der Waals surface area contributed by atoms with E-state index in [1.165, 1.54) is 43.7 Å². The predicted molar refractivity (Wildman–Crippen MR) is 104 cm³/mol. The van der Waals surface area contributed by atoms with Crippen molar-refractivity contribution in [2.75, 3.05) is 20.8 Å². The van der Waals surface area contributed by atoms with Crippen LogP contribution in [0.4, 0.5) is 0 Å². The highest BCUT2D eigenvalue weighted by Crippen LogP contribution is 2.24. The average molecular weight is 476 g/mol. The molecule has 1 aromatic carbocycles. The van der Waals surface area contributed by atoms with Crippen molar-refractivity contribution < 1.29 is 27.6 Å². The molecule has 0 aliphatic carbocycles. The first kappa shape index (κ1) is 21.7. The maximum atomic E-state index is 12.3. The molecule has 0 aliphatic rings. The maximum absolute atomic E-state index is 12.3. The van der Waals surface area contributed by atoms with E-state index in [2.05, 4.69) is 15.9 Å². The van der Waals surface area contributed by atoms with Crippen LogP contribution in [0.3, 0.4) is 0 Å². The fraction of sp³-hybridized carbons (Fsp3) is 0.294. The van der Waals surface area contributed by atoms with Crippen molar-refractivity contribution in [2.24, 2.45) is 0 Å². The lowest BCUT2D eigenvalue weighted by molar-refractivity contribution is -0.0258. The van der Waals surface area contributed by atoms with Gasteiger partial charge in [0.1, 0.15) is 0 Å². The summed E-state index contributed by atoms with van der Waals surface area (Å²) in [6, 6.07) is 7.47. The number of hydroxylamine groups is 1. The van der Waals surface area contributed by atoms with Crippen molar-refractivity contribution in [1.29, 1.82) is 0 Å². The molecule has 0 atom stereocenters. The van der Waals surface area contributed by atoms with Gasteiger partial charge in [-0.25, -0.2) is 13.2 Å². The Bertz CT molecular complexity index is 954. The van der Waals surface area contributed by atoms with E-state index in [4.69, 9.17) is 9.57 Å². The molecule has 0 unspecified atom stereocenters.